The van der Waals surface area contributed by atoms with Gasteiger partial charge >= 0.3 is 0 Å². The predicted octanol–water partition coefficient (Wildman–Crippen LogP) is 2.56. The lowest BCUT2D eigenvalue weighted by atomic mass is 9.84. The van der Waals surface area contributed by atoms with Gasteiger partial charge in [0.2, 0.25) is 5.91 Å². The first-order valence-corrected chi connectivity index (χ1v) is 7.04. The lowest BCUT2D eigenvalue weighted by molar-refractivity contribution is -0.121. The minimum atomic E-state index is -0.681. The number of hydrogen-bond donors (Lipinski definition) is 2. The molecule has 118 valence electrons. The molecule has 6 heteroatoms. The highest BCUT2D eigenvalue weighted by atomic mass is 35.5. The number of carbonyl (C=O) groups is 1. The zero-order valence-corrected chi connectivity index (χ0v) is 12.6. The number of hydrogen-bond acceptors (Lipinski definition) is 2. The normalized spacial score (nSPS) is 21.5. The van der Waals surface area contributed by atoms with Crippen molar-refractivity contribution < 1.29 is 13.6 Å². The monoisotopic (exact) mass is 318 g/mol. The summed E-state index contributed by atoms with van der Waals surface area (Å²) in [5.74, 6) is -1.45. The lowest BCUT2D eigenvalue weighted by Gasteiger charge is -2.31. The molecule has 0 spiro atoms. The van der Waals surface area contributed by atoms with Crippen LogP contribution in [-0.2, 0) is 11.2 Å². The molecule has 1 amide bonds. The van der Waals surface area contributed by atoms with E-state index in [9.17, 15) is 13.6 Å². The van der Waals surface area contributed by atoms with Crippen LogP contribution in [0.4, 0.5) is 8.78 Å². The molecular weight excluding hydrogens is 298 g/mol. The Labute approximate surface area is 129 Å². The Bertz CT molecular complexity index is 464. The van der Waals surface area contributed by atoms with Gasteiger partial charge in [0.1, 0.15) is 11.6 Å². The zero-order valence-electron chi connectivity index (χ0n) is 11.8. The summed E-state index contributed by atoms with van der Waals surface area (Å²) in [7, 11) is 0. The highest BCUT2D eigenvalue weighted by Crippen LogP contribution is 2.23. The van der Waals surface area contributed by atoms with E-state index in [1.54, 1.807) is 0 Å². The second-order valence-electron chi connectivity index (χ2n) is 5.33. The molecule has 1 aromatic rings. The number of amides is 1. The molecule has 2 atom stereocenters. The van der Waals surface area contributed by atoms with Crippen LogP contribution < -0.4 is 11.1 Å². The molecular formula is C15H21ClF2N2O. The summed E-state index contributed by atoms with van der Waals surface area (Å²) in [5.41, 5.74) is 5.52. The largest absolute Gasteiger partial charge is 0.353 e. The van der Waals surface area contributed by atoms with Gasteiger partial charge in [0, 0.05) is 11.6 Å². The Morgan fingerprint density at radius 3 is 2.48 bits per heavy atom. The number of carbonyl (C=O) groups excluding carboxylic acids is 1. The molecule has 3 N–H and O–H groups in total. The van der Waals surface area contributed by atoms with Crippen molar-refractivity contribution in [1.82, 2.24) is 5.32 Å². The van der Waals surface area contributed by atoms with Crippen LogP contribution in [0.15, 0.2) is 18.2 Å². The van der Waals surface area contributed by atoms with E-state index in [0.29, 0.717) is 6.54 Å². The van der Waals surface area contributed by atoms with Crippen molar-refractivity contribution in [2.24, 2.45) is 11.7 Å². The maximum Gasteiger partial charge on any atom is 0.224 e. The van der Waals surface area contributed by atoms with Crippen LogP contribution in [0, 0.1) is 17.6 Å². The van der Waals surface area contributed by atoms with Gasteiger partial charge in [0.05, 0.1) is 6.42 Å². The standard InChI is InChI=1S/C15H20F2N2O.ClH/c16-12-5-3-6-13(17)11(12)8-15(20)19-14-7-2-1-4-10(14)9-18;/h3,5-6,10,14H,1-2,4,7-9,18H2,(H,19,20);1H. The molecule has 0 saturated heterocycles. The second-order valence-corrected chi connectivity index (χ2v) is 5.33. The van der Waals surface area contributed by atoms with Crippen molar-refractivity contribution in [2.75, 3.05) is 6.54 Å². The summed E-state index contributed by atoms with van der Waals surface area (Å²) in [6, 6.07) is 3.64. The maximum atomic E-state index is 13.5. The summed E-state index contributed by atoms with van der Waals surface area (Å²) in [6.07, 6.45) is 3.78. The van der Waals surface area contributed by atoms with Crippen LogP contribution in [0.5, 0.6) is 0 Å². The van der Waals surface area contributed by atoms with Crippen molar-refractivity contribution in [3.63, 3.8) is 0 Å². The number of nitrogens with two attached hydrogens (primary N) is 1. The van der Waals surface area contributed by atoms with Gasteiger partial charge in [-0.2, -0.15) is 0 Å². The molecule has 0 bridgehead atoms. The fourth-order valence-electron chi connectivity index (χ4n) is 2.80. The van der Waals surface area contributed by atoms with E-state index in [1.165, 1.54) is 6.07 Å². The van der Waals surface area contributed by atoms with Gasteiger partial charge in [0.15, 0.2) is 0 Å². The molecule has 2 rings (SSSR count). The van der Waals surface area contributed by atoms with E-state index in [1.807, 2.05) is 0 Å². The third kappa shape index (κ3) is 4.64. The summed E-state index contributed by atoms with van der Waals surface area (Å²) >= 11 is 0. The third-order valence-corrected chi connectivity index (χ3v) is 3.96. The highest BCUT2D eigenvalue weighted by Gasteiger charge is 2.25. The summed E-state index contributed by atoms with van der Waals surface area (Å²) in [5, 5.41) is 2.87. The molecule has 21 heavy (non-hydrogen) atoms. The van der Waals surface area contributed by atoms with Crippen LogP contribution >= 0.6 is 12.4 Å². The highest BCUT2D eigenvalue weighted by molar-refractivity contribution is 5.85. The van der Waals surface area contributed by atoms with Crippen LogP contribution in [0.1, 0.15) is 31.2 Å². The van der Waals surface area contributed by atoms with Crippen LogP contribution in [0.2, 0.25) is 0 Å². The first-order chi connectivity index (χ1) is 9.61. The Morgan fingerprint density at radius 1 is 1.24 bits per heavy atom. The van der Waals surface area contributed by atoms with Gasteiger partial charge < -0.3 is 11.1 Å². The molecule has 1 saturated carbocycles. The van der Waals surface area contributed by atoms with Gasteiger partial charge in [-0.25, -0.2) is 8.78 Å². The molecule has 0 aliphatic heterocycles. The molecule has 0 aromatic heterocycles. The van der Waals surface area contributed by atoms with Gasteiger partial charge in [-0.05, 0) is 37.4 Å². The van der Waals surface area contributed by atoms with Crippen LogP contribution in [-0.4, -0.2) is 18.5 Å². The smallest absolute Gasteiger partial charge is 0.224 e. The van der Waals surface area contributed by atoms with Crippen LogP contribution in [0.3, 0.4) is 0 Å². The average molecular weight is 319 g/mol. The van der Waals surface area contributed by atoms with Gasteiger partial charge in [-0.15, -0.1) is 12.4 Å². The predicted molar refractivity (Wildman–Crippen MR) is 80.3 cm³/mol. The average Bonchev–Trinajstić information content (AvgIpc) is 2.44. The Kier molecular flexibility index (Phi) is 7.05. The lowest BCUT2D eigenvalue weighted by Crippen LogP contribution is -2.45. The minimum absolute atomic E-state index is 0. The van der Waals surface area contributed by atoms with Crippen molar-refractivity contribution in [2.45, 2.75) is 38.1 Å². The van der Waals surface area contributed by atoms with Crippen molar-refractivity contribution in [3.05, 3.63) is 35.4 Å². The fourth-order valence-corrected chi connectivity index (χ4v) is 2.80. The maximum absolute atomic E-state index is 13.5. The number of nitrogens with one attached hydrogen (secondary N) is 1. The van der Waals surface area contributed by atoms with Crippen molar-refractivity contribution in [3.8, 4) is 0 Å². The Balaban J connectivity index is 0.00000220. The van der Waals surface area contributed by atoms with Gasteiger partial charge in [-0.3, -0.25) is 4.79 Å². The van der Waals surface area contributed by atoms with Gasteiger partial charge in [0.25, 0.3) is 0 Å². The number of rotatable bonds is 4. The van der Waals surface area contributed by atoms with E-state index in [-0.39, 0.29) is 42.3 Å². The molecule has 0 heterocycles. The van der Waals surface area contributed by atoms with E-state index >= 15 is 0 Å². The van der Waals surface area contributed by atoms with Crippen LogP contribution in [0.25, 0.3) is 0 Å². The van der Waals surface area contributed by atoms with E-state index < -0.39 is 11.6 Å². The first kappa shape index (κ1) is 17.9. The number of halogens is 3. The summed E-state index contributed by atoms with van der Waals surface area (Å²) in [6.45, 7) is 0.527. The number of benzene rings is 1. The van der Waals surface area contributed by atoms with Crippen molar-refractivity contribution in [1.29, 1.82) is 0 Å². The van der Waals surface area contributed by atoms with Crippen molar-refractivity contribution >= 4 is 18.3 Å². The SMILES string of the molecule is Cl.NCC1CCCCC1NC(=O)Cc1c(F)cccc1F. The summed E-state index contributed by atoms with van der Waals surface area (Å²) < 4.78 is 27.0. The second kappa shape index (κ2) is 8.29. The first-order valence-electron chi connectivity index (χ1n) is 7.04. The topological polar surface area (TPSA) is 55.1 Å². The molecule has 3 nitrogen and oxygen atoms in total. The van der Waals surface area contributed by atoms with E-state index in [0.717, 1.165) is 37.8 Å². The quantitative estimate of drug-likeness (QED) is 0.896. The summed E-state index contributed by atoms with van der Waals surface area (Å²) in [4.78, 5) is 12.0. The molecule has 2 unspecified atom stereocenters. The fraction of sp³-hybridized carbons (Fsp3) is 0.533. The molecule has 0 radical (unpaired) electrons. The minimum Gasteiger partial charge on any atom is -0.353 e. The Morgan fingerprint density at radius 2 is 1.86 bits per heavy atom. The Hall–Kier alpha value is -1.20. The molecule has 1 aromatic carbocycles. The van der Waals surface area contributed by atoms with E-state index in [4.69, 9.17) is 5.73 Å². The molecule has 1 aliphatic rings. The third-order valence-electron chi connectivity index (χ3n) is 3.96. The zero-order chi connectivity index (χ0) is 14.5. The van der Waals surface area contributed by atoms with E-state index in [2.05, 4.69) is 5.32 Å². The molecule has 1 fully saturated rings. The van der Waals surface area contributed by atoms with Gasteiger partial charge in [-0.1, -0.05) is 18.9 Å². The molecule has 1 aliphatic carbocycles.